The highest BCUT2D eigenvalue weighted by molar-refractivity contribution is 6.36. The average molecular weight is 468 g/mol. The van der Waals surface area contributed by atoms with Crippen molar-refractivity contribution in [3.63, 3.8) is 0 Å². The number of carbonyl (C=O) groups excluding carboxylic acids is 2. The zero-order valence-electron chi connectivity index (χ0n) is 19.4. The van der Waals surface area contributed by atoms with Crippen LogP contribution in [0.25, 0.3) is 5.57 Å². The van der Waals surface area contributed by atoms with Crippen molar-refractivity contribution < 1.29 is 14.3 Å². The molecule has 1 fully saturated rings. The Balaban J connectivity index is 1.62. The van der Waals surface area contributed by atoms with Crippen molar-refractivity contribution in [2.45, 2.75) is 27.2 Å². The number of amides is 2. The van der Waals surface area contributed by atoms with E-state index in [-0.39, 0.29) is 11.8 Å². The Morgan fingerprint density at radius 3 is 2.45 bits per heavy atom. The van der Waals surface area contributed by atoms with Crippen LogP contribution in [0.2, 0.25) is 5.02 Å². The van der Waals surface area contributed by atoms with E-state index in [1.165, 1.54) is 4.90 Å². The third-order valence-corrected chi connectivity index (χ3v) is 6.86. The molecule has 2 aromatic carbocycles. The molecule has 0 saturated carbocycles. The summed E-state index contributed by atoms with van der Waals surface area (Å²) in [6.07, 6.45) is 0.723. The SMILES string of the molecule is Cc1ccc(C2=C(Nc3cccc(Cl)c3C)C(=O)N(CCCN3CCOCC3)C2=O)cc1C. The Labute approximate surface area is 200 Å². The van der Waals surface area contributed by atoms with Gasteiger partial charge in [0.25, 0.3) is 11.8 Å². The standard InChI is InChI=1S/C26H30ClN3O3/c1-17-8-9-20(16-18(17)2)23-24(28-22-7-4-6-21(27)19(22)3)26(32)30(25(23)31)11-5-10-29-12-14-33-15-13-29/h4,6-9,16,28H,5,10-15H2,1-3H3. The van der Waals surface area contributed by atoms with Gasteiger partial charge in [0, 0.05) is 36.9 Å². The molecule has 4 rings (SSSR count). The molecule has 33 heavy (non-hydrogen) atoms. The minimum Gasteiger partial charge on any atom is -0.379 e. The van der Waals surface area contributed by atoms with E-state index in [2.05, 4.69) is 10.2 Å². The van der Waals surface area contributed by atoms with Gasteiger partial charge in [0.1, 0.15) is 5.70 Å². The van der Waals surface area contributed by atoms with Crippen LogP contribution in [0.15, 0.2) is 42.1 Å². The van der Waals surface area contributed by atoms with E-state index in [0.717, 1.165) is 67.2 Å². The van der Waals surface area contributed by atoms with E-state index in [4.69, 9.17) is 16.3 Å². The number of imide groups is 1. The van der Waals surface area contributed by atoms with Gasteiger partial charge in [0.15, 0.2) is 0 Å². The van der Waals surface area contributed by atoms with Crippen LogP contribution >= 0.6 is 11.6 Å². The number of nitrogens with one attached hydrogen (secondary N) is 1. The van der Waals surface area contributed by atoms with E-state index >= 15 is 0 Å². The fourth-order valence-corrected chi connectivity index (χ4v) is 4.39. The first kappa shape index (κ1) is 23.5. The molecule has 1 N–H and O–H groups in total. The van der Waals surface area contributed by atoms with Crippen molar-refractivity contribution in [2.24, 2.45) is 0 Å². The van der Waals surface area contributed by atoms with Gasteiger partial charge in [-0.15, -0.1) is 0 Å². The van der Waals surface area contributed by atoms with Gasteiger partial charge in [-0.1, -0.05) is 35.9 Å². The molecule has 0 aliphatic carbocycles. The Kier molecular flexibility index (Phi) is 7.17. The van der Waals surface area contributed by atoms with Gasteiger partial charge < -0.3 is 10.1 Å². The Morgan fingerprint density at radius 1 is 0.970 bits per heavy atom. The third-order valence-electron chi connectivity index (χ3n) is 6.45. The predicted octanol–water partition coefficient (Wildman–Crippen LogP) is 4.18. The van der Waals surface area contributed by atoms with E-state index in [9.17, 15) is 9.59 Å². The topological polar surface area (TPSA) is 61.9 Å². The lowest BCUT2D eigenvalue weighted by Crippen LogP contribution is -2.39. The van der Waals surface area contributed by atoms with Crippen LogP contribution in [-0.4, -0.2) is 61.0 Å². The summed E-state index contributed by atoms with van der Waals surface area (Å²) in [5.74, 6) is -0.554. The largest absolute Gasteiger partial charge is 0.379 e. The zero-order chi connectivity index (χ0) is 23.5. The summed E-state index contributed by atoms with van der Waals surface area (Å²) in [5, 5.41) is 3.84. The van der Waals surface area contributed by atoms with E-state index < -0.39 is 0 Å². The third kappa shape index (κ3) is 4.98. The number of benzene rings is 2. The van der Waals surface area contributed by atoms with Crippen molar-refractivity contribution in [3.05, 3.63) is 69.4 Å². The Hall–Kier alpha value is -2.67. The fourth-order valence-electron chi connectivity index (χ4n) is 4.21. The summed E-state index contributed by atoms with van der Waals surface area (Å²) >= 11 is 6.30. The number of halogens is 1. The number of morpholine rings is 1. The molecule has 0 aromatic heterocycles. The lowest BCUT2D eigenvalue weighted by atomic mass is 9.99. The molecule has 0 spiro atoms. The molecule has 2 aliphatic heterocycles. The lowest BCUT2D eigenvalue weighted by Gasteiger charge is -2.27. The molecular weight excluding hydrogens is 438 g/mol. The highest BCUT2D eigenvalue weighted by atomic mass is 35.5. The molecular formula is C26H30ClN3O3. The molecule has 0 unspecified atom stereocenters. The Morgan fingerprint density at radius 2 is 1.73 bits per heavy atom. The average Bonchev–Trinajstić information content (AvgIpc) is 3.03. The molecule has 0 radical (unpaired) electrons. The molecule has 0 atom stereocenters. The quantitative estimate of drug-likeness (QED) is 0.619. The molecule has 174 valence electrons. The maximum atomic E-state index is 13.5. The number of ether oxygens (including phenoxy) is 1. The number of nitrogens with zero attached hydrogens (tertiary/aromatic N) is 2. The second kappa shape index (κ2) is 10.1. The summed E-state index contributed by atoms with van der Waals surface area (Å²) in [7, 11) is 0. The van der Waals surface area contributed by atoms with E-state index in [1.54, 1.807) is 6.07 Å². The molecule has 7 heteroatoms. The predicted molar refractivity (Wildman–Crippen MR) is 131 cm³/mol. The van der Waals surface area contributed by atoms with Gasteiger partial charge in [-0.2, -0.15) is 0 Å². The van der Waals surface area contributed by atoms with Crippen molar-refractivity contribution in [3.8, 4) is 0 Å². The maximum Gasteiger partial charge on any atom is 0.278 e. The molecule has 2 aromatic rings. The van der Waals surface area contributed by atoms with Gasteiger partial charge in [-0.05, 0) is 61.6 Å². The first-order valence-electron chi connectivity index (χ1n) is 11.4. The first-order valence-corrected chi connectivity index (χ1v) is 11.7. The van der Waals surface area contributed by atoms with Crippen molar-refractivity contribution in [1.29, 1.82) is 0 Å². The second-order valence-corrected chi connectivity index (χ2v) is 9.06. The summed E-state index contributed by atoms with van der Waals surface area (Å²) in [6, 6.07) is 11.4. The summed E-state index contributed by atoms with van der Waals surface area (Å²) in [5.41, 5.74) is 5.22. The molecule has 2 amide bonds. The van der Waals surface area contributed by atoms with Crippen LogP contribution in [0.1, 0.15) is 28.7 Å². The number of aryl methyl sites for hydroxylation is 2. The summed E-state index contributed by atoms with van der Waals surface area (Å²) in [6.45, 7) is 10.4. The minimum atomic E-state index is -0.297. The van der Waals surface area contributed by atoms with Crippen molar-refractivity contribution in [1.82, 2.24) is 9.80 Å². The summed E-state index contributed by atoms with van der Waals surface area (Å²) < 4.78 is 5.40. The highest BCUT2D eigenvalue weighted by Gasteiger charge is 2.39. The van der Waals surface area contributed by atoms with E-state index in [0.29, 0.717) is 22.8 Å². The first-order chi connectivity index (χ1) is 15.9. The number of rotatable bonds is 7. The van der Waals surface area contributed by atoms with Crippen LogP contribution in [-0.2, 0) is 14.3 Å². The number of hydrogen-bond donors (Lipinski definition) is 1. The number of anilines is 1. The van der Waals surface area contributed by atoms with Crippen LogP contribution in [0.4, 0.5) is 5.69 Å². The molecule has 2 aliphatic rings. The van der Waals surface area contributed by atoms with Crippen LogP contribution in [0, 0.1) is 20.8 Å². The van der Waals surface area contributed by atoms with Crippen LogP contribution in [0.5, 0.6) is 0 Å². The molecule has 0 bridgehead atoms. The minimum absolute atomic E-state index is 0.257. The van der Waals surface area contributed by atoms with Gasteiger partial charge in [0.2, 0.25) is 0 Å². The summed E-state index contributed by atoms with van der Waals surface area (Å²) in [4.78, 5) is 30.6. The van der Waals surface area contributed by atoms with Crippen molar-refractivity contribution in [2.75, 3.05) is 44.7 Å². The highest BCUT2D eigenvalue weighted by Crippen LogP contribution is 2.33. The van der Waals surface area contributed by atoms with Gasteiger partial charge in [-0.25, -0.2) is 0 Å². The van der Waals surface area contributed by atoms with Crippen molar-refractivity contribution >= 4 is 34.7 Å². The van der Waals surface area contributed by atoms with E-state index in [1.807, 2.05) is 51.1 Å². The second-order valence-electron chi connectivity index (χ2n) is 8.66. The lowest BCUT2D eigenvalue weighted by molar-refractivity contribution is -0.136. The fraction of sp³-hybridized carbons (Fsp3) is 0.385. The van der Waals surface area contributed by atoms with Gasteiger partial charge in [0.05, 0.1) is 18.8 Å². The molecule has 1 saturated heterocycles. The van der Waals surface area contributed by atoms with Gasteiger partial charge >= 0.3 is 0 Å². The number of hydrogen-bond acceptors (Lipinski definition) is 5. The smallest absolute Gasteiger partial charge is 0.278 e. The molecule has 2 heterocycles. The zero-order valence-corrected chi connectivity index (χ0v) is 20.2. The molecule has 6 nitrogen and oxygen atoms in total. The monoisotopic (exact) mass is 467 g/mol. The van der Waals surface area contributed by atoms with Crippen LogP contribution < -0.4 is 5.32 Å². The van der Waals surface area contributed by atoms with Gasteiger partial charge in [-0.3, -0.25) is 19.4 Å². The normalized spacial score (nSPS) is 17.3. The maximum absolute atomic E-state index is 13.5. The number of carbonyl (C=O) groups is 2. The van der Waals surface area contributed by atoms with Crippen LogP contribution in [0.3, 0.4) is 0 Å². The Bertz CT molecular complexity index is 1110.